The molecule has 6 nitrogen and oxygen atoms in total. The van der Waals surface area contributed by atoms with Crippen LogP contribution in [0.15, 0.2) is 42.6 Å². The lowest BCUT2D eigenvalue weighted by atomic mass is 10.0. The molecule has 3 rings (SSSR count). The number of aryl methyl sites for hydroxylation is 1. The zero-order valence-electron chi connectivity index (χ0n) is 13.9. The predicted octanol–water partition coefficient (Wildman–Crippen LogP) is 1.96. The normalized spacial score (nSPS) is 17.7. The number of methoxy groups -OCH3 is 1. The molecule has 0 bridgehead atoms. The number of carbonyl (C=O) groups is 2. The molecule has 1 atom stereocenters. The first-order chi connectivity index (χ1) is 11.6. The van der Waals surface area contributed by atoms with Gasteiger partial charge in [-0.2, -0.15) is 0 Å². The summed E-state index contributed by atoms with van der Waals surface area (Å²) in [5.74, 6) is 0.390. The smallest absolute Gasteiger partial charge is 0.268 e. The Balaban J connectivity index is 1.75. The zero-order valence-corrected chi connectivity index (χ0v) is 13.9. The van der Waals surface area contributed by atoms with Crippen LogP contribution in [0.3, 0.4) is 0 Å². The summed E-state index contributed by atoms with van der Waals surface area (Å²) in [7, 11) is 3.40. The van der Waals surface area contributed by atoms with Crippen LogP contribution in [-0.2, 0) is 11.8 Å². The highest BCUT2D eigenvalue weighted by atomic mass is 16.5. The number of carbonyl (C=O) groups excluding carboxylic acids is 2. The molecule has 2 aromatic rings. The number of hydrogen-bond acceptors (Lipinski definition) is 3. The van der Waals surface area contributed by atoms with Gasteiger partial charge in [-0.25, -0.2) is 0 Å². The standard InChI is InChI=1S/C18H21N3O3/c1-20-10-5-9-16(20)17(22)19-15-8-4-11-21(18(15)23)13-6-3-7-14(12-13)24-2/h3,5-7,9-10,12,15H,4,8,11H2,1-2H3,(H,19,22)/t15-/m0/s1. The SMILES string of the molecule is COc1cccc(N2CCC[C@H](NC(=O)c3cccn3C)C2=O)c1. The third kappa shape index (κ3) is 3.13. The second kappa shape index (κ2) is 6.78. The molecular formula is C18H21N3O3. The summed E-state index contributed by atoms with van der Waals surface area (Å²) in [5.41, 5.74) is 1.33. The van der Waals surface area contributed by atoms with E-state index in [4.69, 9.17) is 4.74 Å². The lowest BCUT2D eigenvalue weighted by Crippen LogP contribution is -2.52. The van der Waals surface area contributed by atoms with E-state index in [0.29, 0.717) is 24.4 Å². The highest BCUT2D eigenvalue weighted by Crippen LogP contribution is 2.25. The second-order valence-electron chi connectivity index (χ2n) is 5.86. The van der Waals surface area contributed by atoms with Gasteiger partial charge in [-0.1, -0.05) is 6.07 Å². The molecule has 0 saturated carbocycles. The zero-order chi connectivity index (χ0) is 17.1. The Labute approximate surface area is 141 Å². The van der Waals surface area contributed by atoms with E-state index in [1.807, 2.05) is 24.3 Å². The Bertz CT molecular complexity index is 753. The van der Waals surface area contributed by atoms with Crippen LogP contribution >= 0.6 is 0 Å². The van der Waals surface area contributed by atoms with Crippen molar-refractivity contribution in [1.29, 1.82) is 0 Å². The van der Waals surface area contributed by atoms with Gasteiger partial charge in [0.15, 0.2) is 0 Å². The lowest BCUT2D eigenvalue weighted by molar-refractivity contribution is -0.121. The summed E-state index contributed by atoms with van der Waals surface area (Å²) in [5, 5.41) is 2.86. The Hall–Kier alpha value is -2.76. The number of hydrogen-bond donors (Lipinski definition) is 1. The minimum Gasteiger partial charge on any atom is -0.497 e. The number of piperidine rings is 1. The Kier molecular flexibility index (Phi) is 4.55. The highest BCUT2D eigenvalue weighted by Gasteiger charge is 2.31. The number of ether oxygens (including phenoxy) is 1. The van der Waals surface area contributed by atoms with Crippen molar-refractivity contribution in [3.05, 3.63) is 48.3 Å². The first-order valence-corrected chi connectivity index (χ1v) is 7.98. The van der Waals surface area contributed by atoms with Crippen LogP contribution in [0.4, 0.5) is 5.69 Å². The van der Waals surface area contributed by atoms with E-state index in [1.165, 1.54) is 0 Å². The minimum absolute atomic E-state index is 0.0861. The third-order valence-electron chi connectivity index (χ3n) is 4.29. The Morgan fingerprint density at radius 1 is 1.29 bits per heavy atom. The van der Waals surface area contributed by atoms with Crippen LogP contribution in [0.5, 0.6) is 5.75 Å². The minimum atomic E-state index is -0.507. The van der Waals surface area contributed by atoms with Gasteiger partial charge in [0, 0.05) is 31.5 Å². The molecule has 24 heavy (non-hydrogen) atoms. The van der Waals surface area contributed by atoms with Crippen molar-refractivity contribution in [2.45, 2.75) is 18.9 Å². The van der Waals surface area contributed by atoms with Crippen LogP contribution in [0, 0.1) is 0 Å². The molecule has 0 spiro atoms. The van der Waals surface area contributed by atoms with Gasteiger partial charge in [-0.05, 0) is 37.1 Å². The van der Waals surface area contributed by atoms with Gasteiger partial charge in [-0.3, -0.25) is 9.59 Å². The van der Waals surface area contributed by atoms with Crippen molar-refractivity contribution in [3.63, 3.8) is 0 Å². The molecule has 0 unspecified atom stereocenters. The van der Waals surface area contributed by atoms with E-state index in [9.17, 15) is 9.59 Å². The van der Waals surface area contributed by atoms with Crippen molar-refractivity contribution in [2.75, 3.05) is 18.6 Å². The quantitative estimate of drug-likeness (QED) is 0.934. The van der Waals surface area contributed by atoms with E-state index in [0.717, 1.165) is 12.1 Å². The molecular weight excluding hydrogens is 306 g/mol. The van der Waals surface area contributed by atoms with Gasteiger partial charge >= 0.3 is 0 Å². The van der Waals surface area contributed by atoms with Gasteiger partial charge in [0.2, 0.25) is 5.91 Å². The molecule has 1 fully saturated rings. The molecule has 0 aliphatic carbocycles. The summed E-state index contributed by atoms with van der Waals surface area (Å²) in [4.78, 5) is 26.9. The first-order valence-electron chi connectivity index (χ1n) is 7.98. The predicted molar refractivity (Wildman–Crippen MR) is 91.2 cm³/mol. The number of anilines is 1. The number of benzene rings is 1. The second-order valence-corrected chi connectivity index (χ2v) is 5.86. The molecule has 1 aromatic carbocycles. The van der Waals surface area contributed by atoms with Gasteiger partial charge < -0.3 is 19.5 Å². The topological polar surface area (TPSA) is 63.6 Å². The van der Waals surface area contributed by atoms with E-state index in [1.54, 1.807) is 42.0 Å². The summed E-state index contributed by atoms with van der Waals surface area (Å²) in [6.07, 6.45) is 3.29. The fourth-order valence-corrected chi connectivity index (χ4v) is 2.97. The molecule has 2 heterocycles. The molecule has 2 amide bonds. The Morgan fingerprint density at radius 2 is 2.12 bits per heavy atom. The molecule has 126 valence electrons. The van der Waals surface area contributed by atoms with E-state index < -0.39 is 6.04 Å². The van der Waals surface area contributed by atoms with Crippen LogP contribution in [0.1, 0.15) is 23.3 Å². The molecule has 1 saturated heterocycles. The Morgan fingerprint density at radius 3 is 2.83 bits per heavy atom. The van der Waals surface area contributed by atoms with Crippen molar-refractivity contribution < 1.29 is 14.3 Å². The van der Waals surface area contributed by atoms with E-state index >= 15 is 0 Å². The van der Waals surface area contributed by atoms with Gasteiger partial charge in [0.25, 0.3) is 5.91 Å². The van der Waals surface area contributed by atoms with Crippen LogP contribution < -0.4 is 15.0 Å². The maximum atomic E-state index is 12.8. The molecule has 1 N–H and O–H groups in total. The molecule has 1 aliphatic rings. The van der Waals surface area contributed by atoms with Crippen molar-refractivity contribution >= 4 is 17.5 Å². The number of nitrogens with zero attached hydrogens (tertiary/aromatic N) is 2. The molecule has 0 radical (unpaired) electrons. The largest absolute Gasteiger partial charge is 0.497 e. The summed E-state index contributed by atoms with van der Waals surface area (Å²) >= 11 is 0. The average Bonchev–Trinajstić information content (AvgIpc) is 3.03. The van der Waals surface area contributed by atoms with Crippen molar-refractivity contribution in [1.82, 2.24) is 9.88 Å². The lowest BCUT2D eigenvalue weighted by Gasteiger charge is -2.32. The fourth-order valence-electron chi connectivity index (χ4n) is 2.97. The fraction of sp³-hybridized carbons (Fsp3) is 0.333. The maximum absolute atomic E-state index is 12.8. The van der Waals surface area contributed by atoms with Gasteiger partial charge in [-0.15, -0.1) is 0 Å². The van der Waals surface area contributed by atoms with Crippen LogP contribution in [0.25, 0.3) is 0 Å². The van der Waals surface area contributed by atoms with Gasteiger partial charge in [0.05, 0.1) is 7.11 Å². The third-order valence-corrected chi connectivity index (χ3v) is 4.29. The number of rotatable bonds is 4. The van der Waals surface area contributed by atoms with Crippen LogP contribution in [-0.4, -0.2) is 36.1 Å². The average molecular weight is 327 g/mol. The first kappa shape index (κ1) is 16.1. The molecule has 1 aromatic heterocycles. The summed E-state index contributed by atoms with van der Waals surface area (Å²) < 4.78 is 6.96. The summed E-state index contributed by atoms with van der Waals surface area (Å²) in [6.45, 7) is 0.641. The highest BCUT2D eigenvalue weighted by molar-refractivity contribution is 6.02. The van der Waals surface area contributed by atoms with Crippen molar-refractivity contribution in [3.8, 4) is 5.75 Å². The number of nitrogens with one attached hydrogen (secondary N) is 1. The van der Waals surface area contributed by atoms with Gasteiger partial charge in [0.1, 0.15) is 17.5 Å². The van der Waals surface area contributed by atoms with Crippen LogP contribution in [0.2, 0.25) is 0 Å². The monoisotopic (exact) mass is 327 g/mol. The van der Waals surface area contributed by atoms with Crippen molar-refractivity contribution in [2.24, 2.45) is 7.05 Å². The van der Waals surface area contributed by atoms with E-state index in [-0.39, 0.29) is 11.8 Å². The molecule has 1 aliphatic heterocycles. The number of aromatic nitrogens is 1. The van der Waals surface area contributed by atoms with E-state index in [2.05, 4.69) is 5.32 Å². The number of amides is 2. The summed E-state index contributed by atoms with van der Waals surface area (Å²) in [6, 6.07) is 10.4. The molecule has 6 heteroatoms. The maximum Gasteiger partial charge on any atom is 0.268 e.